The Labute approximate surface area is 129 Å². The van der Waals surface area contributed by atoms with Gasteiger partial charge in [0.1, 0.15) is 17.1 Å². The Morgan fingerprint density at radius 1 is 0.909 bits per heavy atom. The standard InChI is InChI=1S/C18H18N4/c1-2-9-16-15(8-1)19-22(20-16)17-10-12-21-11-4-6-13-5-3-7-14(17)18(13)21/h1-3,5,7-9,17H,4,6,10-12H2. The molecule has 110 valence electrons. The average Bonchev–Trinajstić information content (AvgIpc) is 2.99. The molecule has 0 spiro atoms. The summed E-state index contributed by atoms with van der Waals surface area (Å²) >= 11 is 0. The van der Waals surface area contributed by atoms with Crippen LogP contribution in [0.15, 0.2) is 42.5 Å². The summed E-state index contributed by atoms with van der Waals surface area (Å²) in [6.07, 6.45) is 3.55. The summed E-state index contributed by atoms with van der Waals surface area (Å²) in [6.45, 7) is 2.29. The Bertz CT molecular complexity index is 818. The molecule has 0 bridgehead atoms. The van der Waals surface area contributed by atoms with E-state index in [1.165, 1.54) is 36.2 Å². The van der Waals surface area contributed by atoms with Crippen molar-refractivity contribution in [3.05, 3.63) is 53.6 Å². The van der Waals surface area contributed by atoms with Crippen LogP contribution in [0, 0.1) is 0 Å². The Balaban J connectivity index is 1.67. The first kappa shape index (κ1) is 12.2. The summed E-state index contributed by atoms with van der Waals surface area (Å²) in [5, 5.41) is 9.44. The van der Waals surface area contributed by atoms with Gasteiger partial charge >= 0.3 is 0 Å². The third kappa shape index (κ3) is 1.70. The highest BCUT2D eigenvalue weighted by Crippen LogP contribution is 2.40. The number of aromatic nitrogens is 3. The topological polar surface area (TPSA) is 34.0 Å². The van der Waals surface area contributed by atoms with Gasteiger partial charge in [0.05, 0.1) is 0 Å². The van der Waals surface area contributed by atoms with Crippen LogP contribution < -0.4 is 4.90 Å². The zero-order valence-corrected chi connectivity index (χ0v) is 12.4. The molecule has 0 amide bonds. The van der Waals surface area contributed by atoms with E-state index in [0.29, 0.717) is 0 Å². The van der Waals surface area contributed by atoms with Gasteiger partial charge < -0.3 is 4.90 Å². The predicted molar refractivity (Wildman–Crippen MR) is 87.3 cm³/mol. The monoisotopic (exact) mass is 290 g/mol. The fourth-order valence-electron chi connectivity index (χ4n) is 3.95. The van der Waals surface area contributed by atoms with Gasteiger partial charge in [-0.25, -0.2) is 0 Å². The molecule has 0 radical (unpaired) electrons. The van der Waals surface area contributed by atoms with Crippen molar-refractivity contribution in [1.29, 1.82) is 0 Å². The third-order valence-electron chi connectivity index (χ3n) is 4.95. The van der Waals surface area contributed by atoms with Crippen molar-refractivity contribution >= 4 is 16.7 Å². The summed E-state index contributed by atoms with van der Waals surface area (Å²) in [6, 6.07) is 15.1. The van der Waals surface area contributed by atoms with Crippen molar-refractivity contribution in [2.75, 3.05) is 18.0 Å². The maximum absolute atomic E-state index is 4.72. The van der Waals surface area contributed by atoms with Crippen LogP contribution in [0.4, 0.5) is 5.69 Å². The molecule has 4 heteroatoms. The van der Waals surface area contributed by atoms with E-state index in [1.54, 1.807) is 0 Å². The predicted octanol–water partition coefficient (Wildman–Crippen LogP) is 3.18. The lowest BCUT2D eigenvalue weighted by molar-refractivity contribution is 0.421. The molecule has 0 fully saturated rings. The van der Waals surface area contributed by atoms with Gasteiger partial charge in [-0.05, 0) is 37.0 Å². The molecular formula is C18H18N4. The second kappa shape index (κ2) is 4.57. The van der Waals surface area contributed by atoms with Crippen LogP contribution >= 0.6 is 0 Å². The number of nitrogens with zero attached hydrogens (tertiary/aromatic N) is 4. The first-order chi connectivity index (χ1) is 10.9. The van der Waals surface area contributed by atoms with Gasteiger partial charge in [-0.3, -0.25) is 0 Å². The van der Waals surface area contributed by atoms with Gasteiger partial charge in [0.2, 0.25) is 0 Å². The Hall–Kier alpha value is -2.36. The van der Waals surface area contributed by atoms with Gasteiger partial charge in [-0.15, -0.1) is 0 Å². The molecular weight excluding hydrogens is 272 g/mol. The second-order valence-electron chi connectivity index (χ2n) is 6.26. The normalized spacial score (nSPS) is 20.2. The molecule has 2 aliphatic rings. The van der Waals surface area contributed by atoms with E-state index >= 15 is 0 Å². The number of fused-ring (bicyclic) bond motifs is 1. The molecule has 1 unspecified atom stereocenters. The van der Waals surface area contributed by atoms with Gasteiger partial charge in [0.15, 0.2) is 0 Å². The van der Waals surface area contributed by atoms with E-state index in [4.69, 9.17) is 10.2 Å². The number of para-hydroxylation sites is 1. The molecule has 2 aromatic carbocycles. The van der Waals surface area contributed by atoms with Crippen LogP contribution in [-0.2, 0) is 6.42 Å². The van der Waals surface area contributed by atoms with E-state index in [-0.39, 0.29) is 6.04 Å². The van der Waals surface area contributed by atoms with Crippen molar-refractivity contribution in [2.45, 2.75) is 25.3 Å². The van der Waals surface area contributed by atoms with Crippen LogP contribution in [0.5, 0.6) is 0 Å². The average molecular weight is 290 g/mol. The molecule has 0 saturated heterocycles. The van der Waals surface area contributed by atoms with Crippen molar-refractivity contribution in [1.82, 2.24) is 15.0 Å². The van der Waals surface area contributed by atoms with Gasteiger partial charge in [0, 0.05) is 24.3 Å². The Morgan fingerprint density at radius 3 is 2.55 bits per heavy atom. The first-order valence-electron chi connectivity index (χ1n) is 8.08. The lowest BCUT2D eigenvalue weighted by Gasteiger charge is -2.39. The van der Waals surface area contributed by atoms with Crippen LogP contribution in [-0.4, -0.2) is 28.1 Å². The summed E-state index contributed by atoms with van der Waals surface area (Å²) < 4.78 is 0. The molecule has 0 N–H and O–H groups in total. The molecule has 5 rings (SSSR count). The van der Waals surface area contributed by atoms with Crippen LogP contribution in [0.25, 0.3) is 11.0 Å². The number of anilines is 1. The van der Waals surface area contributed by atoms with Crippen molar-refractivity contribution in [3.63, 3.8) is 0 Å². The van der Waals surface area contributed by atoms with Crippen molar-refractivity contribution in [3.8, 4) is 0 Å². The maximum atomic E-state index is 4.72. The summed E-state index contributed by atoms with van der Waals surface area (Å²) in [7, 11) is 0. The highest BCUT2D eigenvalue weighted by molar-refractivity contribution is 5.73. The number of hydrogen-bond acceptors (Lipinski definition) is 3. The highest BCUT2D eigenvalue weighted by Gasteiger charge is 2.31. The molecule has 1 atom stereocenters. The smallest absolute Gasteiger partial charge is 0.113 e. The lowest BCUT2D eigenvalue weighted by atomic mass is 9.89. The number of hydrogen-bond donors (Lipinski definition) is 0. The largest absolute Gasteiger partial charge is 0.371 e. The molecule has 0 saturated carbocycles. The zero-order valence-electron chi connectivity index (χ0n) is 12.4. The Morgan fingerprint density at radius 2 is 1.73 bits per heavy atom. The van der Waals surface area contributed by atoms with Gasteiger partial charge in [-0.2, -0.15) is 15.0 Å². The lowest BCUT2D eigenvalue weighted by Crippen LogP contribution is -2.37. The fourth-order valence-corrected chi connectivity index (χ4v) is 3.95. The minimum absolute atomic E-state index is 0.261. The van der Waals surface area contributed by atoms with E-state index in [0.717, 1.165) is 24.0 Å². The molecule has 3 heterocycles. The minimum atomic E-state index is 0.261. The van der Waals surface area contributed by atoms with Crippen LogP contribution in [0.3, 0.4) is 0 Å². The van der Waals surface area contributed by atoms with Crippen LogP contribution in [0.2, 0.25) is 0 Å². The van der Waals surface area contributed by atoms with E-state index in [9.17, 15) is 0 Å². The zero-order chi connectivity index (χ0) is 14.5. The fraction of sp³-hybridized carbons (Fsp3) is 0.333. The summed E-state index contributed by atoms with van der Waals surface area (Å²) in [4.78, 5) is 4.49. The number of rotatable bonds is 1. The first-order valence-corrected chi connectivity index (χ1v) is 8.08. The maximum Gasteiger partial charge on any atom is 0.113 e. The molecule has 1 aromatic heterocycles. The van der Waals surface area contributed by atoms with Crippen molar-refractivity contribution in [2.24, 2.45) is 0 Å². The van der Waals surface area contributed by atoms with Crippen molar-refractivity contribution < 1.29 is 0 Å². The molecule has 3 aromatic rings. The quantitative estimate of drug-likeness (QED) is 0.690. The second-order valence-corrected chi connectivity index (χ2v) is 6.26. The van der Waals surface area contributed by atoms with Crippen LogP contribution in [0.1, 0.15) is 30.0 Å². The van der Waals surface area contributed by atoms with Gasteiger partial charge in [-0.1, -0.05) is 30.3 Å². The van der Waals surface area contributed by atoms with Gasteiger partial charge in [0.25, 0.3) is 0 Å². The molecule has 2 aliphatic heterocycles. The van der Waals surface area contributed by atoms with E-state index in [1.807, 2.05) is 29.1 Å². The summed E-state index contributed by atoms with van der Waals surface area (Å²) in [5.41, 5.74) is 6.30. The number of benzene rings is 2. The molecule has 0 aliphatic carbocycles. The SMILES string of the molecule is c1cc2c3c(c1)C(n1nc4ccccc4n1)CCN3CCC2. The minimum Gasteiger partial charge on any atom is -0.371 e. The Kier molecular flexibility index (Phi) is 2.53. The van der Waals surface area contributed by atoms with E-state index in [2.05, 4.69) is 23.1 Å². The molecule has 22 heavy (non-hydrogen) atoms. The molecule has 4 nitrogen and oxygen atoms in total. The number of aryl methyl sites for hydroxylation is 1. The van der Waals surface area contributed by atoms with E-state index < -0.39 is 0 Å². The summed E-state index contributed by atoms with van der Waals surface area (Å²) in [5.74, 6) is 0. The third-order valence-corrected chi connectivity index (χ3v) is 4.95. The highest BCUT2D eigenvalue weighted by atomic mass is 15.5.